The van der Waals surface area contributed by atoms with Crippen molar-refractivity contribution in [3.8, 4) is 0 Å². The van der Waals surface area contributed by atoms with E-state index < -0.39 is 23.4 Å². The Hall–Kier alpha value is -3.16. The number of nitrogens with zero attached hydrogens (tertiary/aromatic N) is 3. The summed E-state index contributed by atoms with van der Waals surface area (Å²) in [5, 5.41) is 9.54. The predicted molar refractivity (Wildman–Crippen MR) is 100 cm³/mol. The Morgan fingerprint density at radius 3 is 2.52 bits per heavy atom. The number of anilines is 1. The fraction of sp³-hybridized carbons (Fsp3) is 0.368. The summed E-state index contributed by atoms with van der Waals surface area (Å²) in [4.78, 5) is 38.6. The van der Waals surface area contributed by atoms with Crippen LogP contribution in [0.5, 0.6) is 0 Å². The van der Waals surface area contributed by atoms with Crippen LogP contribution in [0.25, 0.3) is 0 Å². The van der Waals surface area contributed by atoms with Gasteiger partial charge in [0.1, 0.15) is 17.9 Å². The van der Waals surface area contributed by atoms with E-state index in [-0.39, 0.29) is 12.6 Å². The third-order valence-electron chi connectivity index (χ3n) is 4.63. The molecular formula is C19H23N5O3. The first-order chi connectivity index (χ1) is 12.7. The van der Waals surface area contributed by atoms with Crippen molar-refractivity contribution in [1.82, 2.24) is 20.0 Å². The zero-order valence-corrected chi connectivity index (χ0v) is 15.8. The summed E-state index contributed by atoms with van der Waals surface area (Å²) < 4.78 is 1.65. The molecule has 1 aliphatic heterocycles. The van der Waals surface area contributed by atoms with Crippen LogP contribution in [-0.4, -0.2) is 39.1 Å². The lowest BCUT2D eigenvalue weighted by molar-refractivity contribution is -0.133. The third-order valence-corrected chi connectivity index (χ3v) is 4.63. The Morgan fingerprint density at radius 2 is 1.89 bits per heavy atom. The SMILES string of the molecule is Cc1ccc(C2(C)NC(=O)N(CC(=O)Nc3ccnn3C(C)C)C2=O)cc1. The number of rotatable bonds is 5. The van der Waals surface area contributed by atoms with Crippen LogP contribution in [0.1, 0.15) is 37.9 Å². The second-order valence-electron chi connectivity index (χ2n) is 7.12. The number of imide groups is 1. The molecule has 0 aliphatic carbocycles. The molecule has 0 saturated carbocycles. The first-order valence-electron chi connectivity index (χ1n) is 8.77. The molecule has 0 spiro atoms. The van der Waals surface area contributed by atoms with E-state index >= 15 is 0 Å². The molecule has 2 aromatic rings. The van der Waals surface area contributed by atoms with Crippen LogP contribution in [0.3, 0.4) is 0 Å². The number of urea groups is 1. The van der Waals surface area contributed by atoms with E-state index in [2.05, 4.69) is 15.7 Å². The van der Waals surface area contributed by atoms with Crippen molar-refractivity contribution < 1.29 is 14.4 Å². The van der Waals surface area contributed by atoms with Crippen molar-refractivity contribution in [3.05, 3.63) is 47.7 Å². The summed E-state index contributed by atoms with van der Waals surface area (Å²) in [6, 6.07) is 8.51. The van der Waals surface area contributed by atoms with Crippen LogP contribution >= 0.6 is 0 Å². The van der Waals surface area contributed by atoms with Gasteiger partial charge in [-0.1, -0.05) is 29.8 Å². The van der Waals surface area contributed by atoms with Crippen molar-refractivity contribution >= 4 is 23.7 Å². The van der Waals surface area contributed by atoms with Gasteiger partial charge in [-0.3, -0.25) is 14.5 Å². The van der Waals surface area contributed by atoms with E-state index in [4.69, 9.17) is 0 Å². The second-order valence-corrected chi connectivity index (χ2v) is 7.12. The molecule has 8 heteroatoms. The summed E-state index contributed by atoms with van der Waals surface area (Å²) in [6.07, 6.45) is 1.58. The molecule has 1 fully saturated rings. The van der Waals surface area contributed by atoms with E-state index in [1.54, 1.807) is 36.0 Å². The zero-order chi connectivity index (χ0) is 19.8. The van der Waals surface area contributed by atoms with Crippen molar-refractivity contribution in [2.24, 2.45) is 0 Å². The largest absolute Gasteiger partial charge is 0.325 e. The van der Waals surface area contributed by atoms with Gasteiger partial charge in [0.15, 0.2) is 0 Å². The number of benzene rings is 1. The van der Waals surface area contributed by atoms with Crippen LogP contribution in [-0.2, 0) is 15.1 Å². The van der Waals surface area contributed by atoms with E-state index in [9.17, 15) is 14.4 Å². The maximum Gasteiger partial charge on any atom is 0.325 e. The topological polar surface area (TPSA) is 96.3 Å². The lowest BCUT2D eigenvalue weighted by Crippen LogP contribution is -2.42. The van der Waals surface area contributed by atoms with Crippen LogP contribution in [0.2, 0.25) is 0 Å². The molecule has 142 valence electrons. The summed E-state index contributed by atoms with van der Waals surface area (Å²) in [6.45, 7) is 7.10. The second kappa shape index (κ2) is 6.86. The number of carbonyl (C=O) groups is 3. The Morgan fingerprint density at radius 1 is 1.22 bits per heavy atom. The average molecular weight is 369 g/mol. The molecule has 8 nitrogen and oxygen atoms in total. The highest BCUT2D eigenvalue weighted by molar-refractivity contribution is 6.10. The number of amides is 4. The normalized spacial score (nSPS) is 19.5. The highest BCUT2D eigenvalue weighted by Crippen LogP contribution is 2.29. The lowest BCUT2D eigenvalue weighted by atomic mass is 9.91. The Labute approximate surface area is 157 Å². The van der Waals surface area contributed by atoms with Gasteiger partial charge in [-0.15, -0.1) is 0 Å². The highest BCUT2D eigenvalue weighted by atomic mass is 16.2. The van der Waals surface area contributed by atoms with Gasteiger partial charge < -0.3 is 10.6 Å². The van der Waals surface area contributed by atoms with Gasteiger partial charge in [0.25, 0.3) is 5.91 Å². The predicted octanol–water partition coefficient (Wildman–Crippen LogP) is 2.18. The lowest BCUT2D eigenvalue weighted by Gasteiger charge is -2.22. The van der Waals surface area contributed by atoms with Crippen molar-refractivity contribution in [3.63, 3.8) is 0 Å². The molecule has 2 N–H and O–H groups in total. The van der Waals surface area contributed by atoms with E-state index in [0.29, 0.717) is 11.4 Å². The molecule has 1 aromatic carbocycles. The molecule has 1 atom stereocenters. The van der Waals surface area contributed by atoms with Crippen LogP contribution in [0, 0.1) is 6.92 Å². The minimum Gasteiger partial charge on any atom is -0.319 e. The summed E-state index contributed by atoms with van der Waals surface area (Å²) in [7, 11) is 0. The molecule has 3 rings (SSSR count). The number of aromatic nitrogens is 2. The van der Waals surface area contributed by atoms with Crippen LogP contribution < -0.4 is 10.6 Å². The van der Waals surface area contributed by atoms with E-state index in [1.165, 1.54) is 0 Å². The van der Waals surface area contributed by atoms with Crippen LogP contribution in [0.15, 0.2) is 36.5 Å². The fourth-order valence-corrected chi connectivity index (χ4v) is 3.07. The molecule has 1 saturated heterocycles. The molecule has 1 unspecified atom stereocenters. The van der Waals surface area contributed by atoms with Gasteiger partial charge in [-0.05, 0) is 33.3 Å². The number of aryl methyl sites for hydroxylation is 1. The van der Waals surface area contributed by atoms with E-state index in [1.807, 2.05) is 32.9 Å². The minimum absolute atomic E-state index is 0.0665. The summed E-state index contributed by atoms with van der Waals surface area (Å²) in [5.41, 5.74) is 0.537. The quantitative estimate of drug-likeness (QED) is 0.790. The minimum atomic E-state index is -1.19. The molecule has 1 aromatic heterocycles. The first-order valence-corrected chi connectivity index (χ1v) is 8.77. The molecule has 4 amide bonds. The summed E-state index contributed by atoms with van der Waals surface area (Å²) >= 11 is 0. The van der Waals surface area contributed by atoms with Gasteiger partial charge in [0, 0.05) is 12.1 Å². The smallest absolute Gasteiger partial charge is 0.319 e. The molecule has 0 bridgehead atoms. The van der Waals surface area contributed by atoms with Gasteiger partial charge in [0.05, 0.1) is 6.20 Å². The van der Waals surface area contributed by atoms with Gasteiger partial charge in [-0.2, -0.15) is 5.10 Å². The summed E-state index contributed by atoms with van der Waals surface area (Å²) in [5.74, 6) is -0.402. The maximum absolute atomic E-state index is 12.9. The Balaban J connectivity index is 1.74. The highest BCUT2D eigenvalue weighted by Gasteiger charge is 2.49. The zero-order valence-electron chi connectivity index (χ0n) is 15.8. The monoisotopic (exact) mass is 369 g/mol. The number of carbonyl (C=O) groups excluding carboxylic acids is 3. The average Bonchev–Trinajstić information content (AvgIpc) is 3.15. The maximum atomic E-state index is 12.9. The number of hydrogen-bond donors (Lipinski definition) is 2. The molecular weight excluding hydrogens is 346 g/mol. The number of hydrogen-bond acceptors (Lipinski definition) is 4. The molecule has 1 aliphatic rings. The fourth-order valence-electron chi connectivity index (χ4n) is 3.07. The Bertz CT molecular complexity index is 887. The Kier molecular flexibility index (Phi) is 4.73. The molecule has 0 radical (unpaired) electrons. The van der Waals surface area contributed by atoms with E-state index in [0.717, 1.165) is 10.5 Å². The molecule has 27 heavy (non-hydrogen) atoms. The standard InChI is InChI=1S/C19H23N5O3/c1-12(2)24-15(9-10-20-24)21-16(25)11-23-17(26)19(4,22-18(23)27)14-7-5-13(3)6-8-14/h5-10,12H,11H2,1-4H3,(H,21,25)(H,22,27). The van der Waals surface area contributed by atoms with Gasteiger partial charge >= 0.3 is 6.03 Å². The van der Waals surface area contributed by atoms with Crippen molar-refractivity contribution in [1.29, 1.82) is 0 Å². The molecule has 2 heterocycles. The van der Waals surface area contributed by atoms with Gasteiger partial charge in [-0.25, -0.2) is 9.48 Å². The number of nitrogens with one attached hydrogen (secondary N) is 2. The first kappa shape index (κ1) is 18.6. The van der Waals surface area contributed by atoms with Crippen LogP contribution in [0.4, 0.5) is 10.6 Å². The third kappa shape index (κ3) is 3.42. The van der Waals surface area contributed by atoms with Crippen molar-refractivity contribution in [2.45, 2.75) is 39.3 Å². The van der Waals surface area contributed by atoms with Gasteiger partial charge in [0.2, 0.25) is 5.91 Å². The van der Waals surface area contributed by atoms with Crippen molar-refractivity contribution in [2.75, 3.05) is 11.9 Å².